The molecule has 2 heterocycles. The van der Waals surface area contributed by atoms with E-state index >= 15 is 0 Å². The van der Waals surface area contributed by atoms with Crippen LogP contribution < -0.4 is 5.73 Å². The molecule has 102 valence electrons. The molecule has 2 fully saturated rings. The number of nitrogens with zero attached hydrogens (tertiary/aromatic N) is 1. The van der Waals surface area contributed by atoms with Crippen molar-refractivity contribution in [1.82, 2.24) is 4.90 Å². The first-order valence-electron chi connectivity index (χ1n) is 6.28. The number of hydrogen-bond donors (Lipinski definition) is 1. The lowest BCUT2D eigenvalue weighted by molar-refractivity contribution is 0.0948. The van der Waals surface area contributed by atoms with Crippen LogP contribution >= 0.6 is 24.8 Å². The quantitative estimate of drug-likeness (QED) is 0.861. The summed E-state index contributed by atoms with van der Waals surface area (Å²) in [5.41, 5.74) is 7.90. The van der Waals surface area contributed by atoms with Gasteiger partial charge in [0.1, 0.15) is 0 Å². The lowest BCUT2D eigenvalue weighted by Gasteiger charge is -2.45. The first-order chi connectivity index (χ1) is 7.72. The molecule has 2 saturated heterocycles. The zero-order valence-electron chi connectivity index (χ0n) is 10.7. The Bertz CT molecular complexity index is 385. The molecule has 0 aromatic heterocycles. The predicted molar refractivity (Wildman–Crippen MR) is 80.6 cm³/mol. The summed E-state index contributed by atoms with van der Waals surface area (Å²) in [6.07, 6.45) is 4.97. The van der Waals surface area contributed by atoms with Crippen LogP contribution in [0.5, 0.6) is 0 Å². The fourth-order valence-corrected chi connectivity index (χ4v) is 3.64. The van der Waals surface area contributed by atoms with Crippen LogP contribution in [-0.4, -0.2) is 24.0 Å². The number of nitrogens with two attached hydrogens (primary N) is 1. The fourth-order valence-electron chi connectivity index (χ4n) is 3.64. The lowest BCUT2D eigenvalue weighted by Crippen LogP contribution is -2.57. The van der Waals surface area contributed by atoms with Gasteiger partial charge in [0.15, 0.2) is 0 Å². The van der Waals surface area contributed by atoms with Gasteiger partial charge >= 0.3 is 0 Å². The molecule has 0 saturated carbocycles. The molecule has 2 N–H and O–H groups in total. The van der Waals surface area contributed by atoms with E-state index in [4.69, 9.17) is 5.73 Å². The monoisotopic (exact) mass is 288 g/mol. The fraction of sp³-hybridized carbons (Fsp3) is 0.571. The summed E-state index contributed by atoms with van der Waals surface area (Å²) in [7, 11) is 2.24. The summed E-state index contributed by atoms with van der Waals surface area (Å²) in [6.45, 7) is 0. The van der Waals surface area contributed by atoms with Gasteiger partial charge in [0.2, 0.25) is 0 Å². The summed E-state index contributed by atoms with van der Waals surface area (Å²) in [5.74, 6) is 0. The van der Waals surface area contributed by atoms with Gasteiger partial charge in [0, 0.05) is 12.1 Å². The third-order valence-corrected chi connectivity index (χ3v) is 4.64. The molecule has 0 radical (unpaired) electrons. The number of benzene rings is 1. The number of halogens is 2. The van der Waals surface area contributed by atoms with Crippen molar-refractivity contribution in [1.29, 1.82) is 0 Å². The van der Waals surface area contributed by atoms with Gasteiger partial charge in [0.05, 0.1) is 5.54 Å². The topological polar surface area (TPSA) is 29.3 Å². The smallest absolute Gasteiger partial charge is 0.0567 e. The van der Waals surface area contributed by atoms with E-state index in [1.165, 1.54) is 24.8 Å². The Hall–Kier alpha value is -0.280. The maximum atomic E-state index is 6.71. The summed E-state index contributed by atoms with van der Waals surface area (Å²) < 4.78 is 0. The maximum absolute atomic E-state index is 6.71. The SMILES string of the molecule is CN1C2CCC1C(N)(c1ccccc1)CC2.Cl.Cl. The molecule has 4 heteroatoms. The van der Waals surface area contributed by atoms with E-state index in [2.05, 4.69) is 42.3 Å². The van der Waals surface area contributed by atoms with E-state index < -0.39 is 0 Å². The molecular formula is C14H22Cl2N2. The Morgan fingerprint density at radius 3 is 2.44 bits per heavy atom. The van der Waals surface area contributed by atoms with Crippen LogP contribution in [0.15, 0.2) is 30.3 Å². The molecule has 0 spiro atoms. The Kier molecular flexibility index (Phi) is 5.07. The number of fused-ring (bicyclic) bond motifs is 2. The summed E-state index contributed by atoms with van der Waals surface area (Å²) in [6, 6.07) is 12.0. The van der Waals surface area contributed by atoms with E-state index in [-0.39, 0.29) is 30.4 Å². The summed E-state index contributed by atoms with van der Waals surface area (Å²) >= 11 is 0. The Balaban J connectivity index is 0.000000810. The molecule has 2 aliphatic rings. The third-order valence-electron chi connectivity index (χ3n) is 4.64. The number of piperidine rings is 1. The van der Waals surface area contributed by atoms with Gasteiger partial charge in [-0.2, -0.15) is 0 Å². The van der Waals surface area contributed by atoms with E-state index in [9.17, 15) is 0 Å². The van der Waals surface area contributed by atoms with Gasteiger partial charge in [-0.15, -0.1) is 24.8 Å². The molecule has 0 amide bonds. The molecular weight excluding hydrogens is 267 g/mol. The van der Waals surface area contributed by atoms with Crippen LogP contribution in [0.2, 0.25) is 0 Å². The molecule has 3 rings (SSSR count). The first kappa shape index (κ1) is 15.8. The van der Waals surface area contributed by atoms with Crippen LogP contribution in [0.25, 0.3) is 0 Å². The maximum Gasteiger partial charge on any atom is 0.0567 e. The molecule has 2 aliphatic heterocycles. The number of rotatable bonds is 1. The average molecular weight is 289 g/mol. The number of likely N-dealkylation sites (N-methyl/N-ethyl adjacent to an activating group) is 1. The highest BCUT2D eigenvalue weighted by Gasteiger charge is 2.48. The van der Waals surface area contributed by atoms with Gasteiger partial charge < -0.3 is 5.73 Å². The van der Waals surface area contributed by atoms with Crippen molar-refractivity contribution in [2.75, 3.05) is 7.05 Å². The van der Waals surface area contributed by atoms with Crippen LogP contribution in [0.3, 0.4) is 0 Å². The van der Waals surface area contributed by atoms with E-state index in [0.29, 0.717) is 6.04 Å². The van der Waals surface area contributed by atoms with E-state index in [1.54, 1.807) is 0 Å². The minimum absolute atomic E-state index is 0. The lowest BCUT2D eigenvalue weighted by atomic mass is 9.77. The third kappa shape index (κ3) is 2.27. The van der Waals surface area contributed by atoms with Crippen molar-refractivity contribution in [2.45, 2.75) is 43.3 Å². The summed E-state index contributed by atoms with van der Waals surface area (Å²) in [4.78, 5) is 2.51. The molecule has 3 unspecified atom stereocenters. The normalized spacial score (nSPS) is 34.6. The molecule has 0 aliphatic carbocycles. The highest BCUT2D eigenvalue weighted by Crippen LogP contribution is 2.44. The van der Waals surface area contributed by atoms with Crippen LogP contribution in [0.1, 0.15) is 31.2 Å². The molecule has 1 aromatic rings. The zero-order valence-corrected chi connectivity index (χ0v) is 12.3. The largest absolute Gasteiger partial charge is 0.320 e. The minimum Gasteiger partial charge on any atom is -0.320 e. The van der Waals surface area contributed by atoms with Gasteiger partial charge in [-0.1, -0.05) is 30.3 Å². The van der Waals surface area contributed by atoms with Crippen molar-refractivity contribution in [3.05, 3.63) is 35.9 Å². The molecule has 2 nitrogen and oxygen atoms in total. The van der Waals surface area contributed by atoms with Crippen LogP contribution in [0, 0.1) is 0 Å². The van der Waals surface area contributed by atoms with Gasteiger partial charge in [-0.05, 0) is 38.3 Å². The van der Waals surface area contributed by atoms with Crippen molar-refractivity contribution < 1.29 is 0 Å². The first-order valence-corrected chi connectivity index (χ1v) is 6.28. The number of hydrogen-bond acceptors (Lipinski definition) is 2. The van der Waals surface area contributed by atoms with Gasteiger partial charge in [-0.25, -0.2) is 0 Å². The molecule has 2 bridgehead atoms. The average Bonchev–Trinajstić information content (AvgIpc) is 2.58. The van der Waals surface area contributed by atoms with Crippen molar-refractivity contribution >= 4 is 24.8 Å². The standard InChI is InChI=1S/C14H20N2.2ClH/c1-16-12-7-8-13(16)14(15,10-9-12)11-5-3-2-4-6-11;;/h2-6,12-13H,7-10,15H2,1H3;2*1H. The van der Waals surface area contributed by atoms with Crippen LogP contribution in [0.4, 0.5) is 0 Å². The highest BCUT2D eigenvalue weighted by molar-refractivity contribution is 5.85. The molecule has 3 atom stereocenters. The van der Waals surface area contributed by atoms with Crippen LogP contribution in [-0.2, 0) is 5.54 Å². The Morgan fingerprint density at radius 1 is 1.11 bits per heavy atom. The van der Waals surface area contributed by atoms with Gasteiger partial charge in [-0.3, -0.25) is 4.90 Å². The molecule has 18 heavy (non-hydrogen) atoms. The highest BCUT2D eigenvalue weighted by atomic mass is 35.5. The minimum atomic E-state index is -0.122. The zero-order chi connectivity index (χ0) is 11.2. The van der Waals surface area contributed by atoms with Crippen molar-refractivity contribution in [3.63, 3.8) is 0 Å². The second-order valence-corrected chi connectivity index (χ2v) is 5.36. The second-order valence-electron chi connectivity index (χ2n) is 5.36. The Morgan fingerprint density at radius 2 is 1.78 bits per heavy atom. The predicted octanol–water partition coefficient (Wildman–Crippen LogP) is 2.94. The summed E-state index contributed by atoms with van der Waals surface area (Å²) in [5, 5.41) is 0. The van der Waals surface area contributed by atoms with Crippen molar-refractivity contribution in [3.8, 4) is 0 Å². The second kappa shape index (κ2) is 5.79. The van der Waals surface area contributed by atoms with Crippen molar-refractivity contribution in [2.24, 2.45) is 5.73 Å². The van der Waals surface area contributed by atoms with Gasteiger partial charge in [0.25, 0.3) is 0 Å². The Labute approximate surface area is 122 Å². The van der Waals surface area contributed by atoms with E-state index in [0.717, 1.165) is 12.5 Å². The van der Waals surface area contributed by atoms with E-state index in [1.807, 2.05) is 0 Å². The molecule has 1 aromatic carbocycles.